The quantitative estimate of drug-likeness (QED) is 0.200. The van der Waals surface area contributed by atoms with Gasteiger partial charge < -0.3 is 14.3 Å². The maximum absolute atomic E-state index is 6.53. The molecule has 3 heterocycles. The third-order valence-electron chi connectivity index (χ3n) is 10.2. The number of rotatable bonds is 4. The van der Waals surface area contributed by atoms with Crippen LogP contribution in [0.15, 0.2) is 144 Å². The van der Waals surface area contributed by atoms with Gasteiger partial charge in [-0.05, 0) is 72.2 Å². The van der Waals surface area contributed by atoms with Gasteiger partial charge in [-0.2, -0.15) is 0 Å². The Hall–Kier alpha value is -6.00. The molecule has 1 aliphatic rings. The summed E-state index contributed by atoms with van der Waals surface area (Å²) in [5.74, 6) is 0.895. The lowest BCUT2D eigenvalue weighted by Gasteiger charge is -2.24. The van der Waals surface area contributed by atoms with Crippen LogP contribution in [-0.4, -0.2) is 11.8 Å². The molecule has 0 radical (unpaired) electrons. The second-order valence-corrected chi connectivity index (χ2v) is 13.2. The van der Waals surface area contributed by atoms with E-state index in [9.17, 15) is 0 Å². The summed E-state index contributed by atoms with van der Waals surface area (Å²) in [7, 11) is 0.811. The SMILES string of the molecule is Cc1ccc(Nc2ccccc2-c2cc(C)c3c4ccc5ccccc5c4n4c3c2Bc2cc3oc(-c5ccccc5)cc3cc2-4)cc1. The molecule has 3 nitrogen and oxygen atoms in total. The molecule has 1 N–H and O–H groups in total. The lowest BCUT2D eigenvalue weighted by atomic mass is 9.58. The lowest BCUT2D eigenvalue weighted by molar-refractivity contribution is 0.632. The molecule has 10 rings (SSSR count). The third-order valence-corrected chi connectivity index (χ3v) is 10.2. The highest BCUT2D eigenvalue weighted by atomic mass is 16.3. The van der Waals surface area contributed by atoms with Gasteiger partial charge in [0.05, 0.1) is 5.52 Å². The van der Waals surface area contributed by atoms with Gasteiger partial charge in [0.15, 0.2) is 7.28 Å². The summed E-state index contributed by atoms with van der Waals surface area (Å²) < 4.78 is 9.09. The molecule has 0 amide bonds. The molecule has 7 aromatic carbocycles. The van der Waals surface area contributed by atoms with E-state index in [0.29, 0.717) is 0 Å². The molecule has 0 saturated heterocycles. The zero-order valence-corrected chi connectivity index (χ0v) is 26.8. The van der Waals surface area contributed by atoms with Crippen molar-refractivity contribution in [2.45, 2.75) is 13.8 Å². The van der Waals surface area contributed by atoms with Crippen molar-refractivity contribution in [3.8, 4) is 28.1 Å². The first-order valence-corrected chi connectivity index (χ1v) is 16.6. The van der Waals surface area contributed by atoms with E-state index >= 15 is 0 Å². The highest BCUT2D eigenvalue weighted by Gasteiger charge is 2.29. The topological polar surface area (TPSA) is 30.1 Å². The van der Waals surface area contributed by atoms with Gasteiger partial charge in [-0.25, -0.2) is 0 Å². The second-order valence-electron chi connectivity index (χ2n) is 13.2. The summed E-state index contributed by atoms with van der Waals surface area (Å²) in [6, 6.07) is 50.4. The number of furan rings is 1. The summed E-state index contributed by atoms with van der Waals surface area (Å²) in [4.78, 5) is 0. The van der Waals surface area contributed by atoms with E-state index < -0.39 is 0 Å². The first kappa shape index (κ1) is 27.1. The van der Waals surface area contributed by atoms with Gasteiger partial charge in [0, 0.05) is 55.3 Å². The van der Waals surface area contributed by atoms with Crippen molar-refractivity contribution in [2.24, 2.45) is 0 Å². The predicted molar refractivity (Wildman–Crippen MR) is 205 cm³/mol. The number of anilines is 2. The minimum atomic E-state index is 0.811. The third kappa shape index (κ3) is 4.02. The number of benzene rings is 7. The maximum atomic E-state index is 6.53. The van der Waals surface area contributed by atoms with Crippen LogP contribution in [-0.2, 0) is 0 Å². The van der Waals surface area contributed by atoms with E-state index in [2.05, 4.69) is 157 Å². The number of para-hydroxylation sites is 1. The number of hydrogen-bond donors (Lipinski definition) is 1. The molecule has 0 bridgehead atoms. The van der Waals surface area contributed by atoms with Crippen LogP contribution in [0.4, 0.5) is 11.4 Å². The Morgan fingerprint density at radius 3 is 2.29 bits per heavy atom. The van der Waals surface area contributed by atoms with Crippen LogP contribution in [0.2, 0.25) is 0 Å². The van der Waals surface area contributed by atoms with Crippen LogP contribution in [0.3, 0.4) is 0 Å². The van der Waals surface area contributed by atoms with Crippen LogP contribution in [0.1, 0.15) is 11.1 Å². The maximum Gasteiger partial charge on any atom is 0.198 e. The highest BCUT2D eigenvalue weighted by molar-refractivity contribution is 6.73. The van der Waals surface area contributed by atoms with Crippen molar-refractivity contribution in [3.63, 3.8) is 0 Å². The standard InChI is InChI=1S/C44H31BN2O/c1-26-16-19-31(20-17-26)46-37-15-9-8-14-33(37)35-22-27(2)41-34-21-18-28-10-6-7-13-32(28)43(34)47-38-23-30-24-39(29-11-4-3-5-12-29)48-40(30)25-36(38)45-42(35)44(41)47/h3-25,45-46H,1-2H3. The van der Waals surface area contributed by atoms with Crippen molar-refractivity contribution < 1.29 is 4.42 Å². The van der Waals surface area contributed by atoms with Crippen LogP contribution in [0.25, 0.3) is 71.7 Å². The fourth-order valence-corrected chi connectivity index (χ4v) is 7.92. The number of nitrogens with one attached hydrogen (secondary N) is 1. The van der Waals surface area contributed by atoms with Gasteiger partial charge in [-0.1, -0.05) is 114 Å². The van der Waals surface area contributed by atoms with Gasteiger partial charge >= 0.3 is 0 Å². The van der Waals surface area contributed by atoms with Crippen LogP contribution < -0.4 is 16.2 Å². The smallest absolute Gasteiger partial charge is 0.198 e. The molecule has 4 heteroatoms. The molecule has 9 aromatic rings. The van der Waals surface area contributed by atoms with Crippen molar-refractivity contribution >= 4 is 73.1 Å². The molecule has 0 fully saturated rings. The molecule has 0 unspecified atom stereocenters. The average Bonchev–Trinajstić information content (AvgIpc) is 3.71. The van der Waals surface area contributed by atoms with E-state index in [1.807, 2.05) is 6.07 Å². The Morgan fingerprint density at radius 1 is 0.625 bits per heavy atom. The monoisotopic (exact) mass is 614 g/mol. The summed E-state index contributed by atoms with van der Waals surface area (Å²) in [6.07, 6.45) is 0. The van der Waals surface area contributed by atoms with Gasteiger partial charge in [0.25, 0.3) is 0 Å². The Kier molecular flexibility index (Phi) is 5.80. The molecule has 0 saturated carbocycles. The Balaban J connectivity index is 1.28. The van der Waals surface area contributed by atoms with Gasteiger partial charge in [-0.3, -0.25) is 0 Å². The van der Waals surface area contributed by atoms with E-state index in [0.717, 1.165) is 40.9 Å². The number of aromatic nitrogens is 1. The number of fused-ring (bicyclic) bond motifs is 8. The van der Waals surface area contributed by atoms with Crippen LogP contribution >= 0.6 is 0 Å². The highest BCUT2D eigenvalue weighted by Crippen LogP contribution is 2.42. The van der Waals surface area contributed by atoms with Crippen LogP contribution in [0.5, 0.6) is 0 Å². The summed E-state index contributed by atoms with van der Waals surface area (Å²) in [6.45, 7) is 4.40. The first-order valence-electron chi connectivity index (χ1n) is 16.6. The zero-order chi connectivity index (χ0) is 31.9. The molecule has 226 valence electrons. The van der Waals surface area contributed by atoms with E-state index in [4.69, 9.17) is 4.42 Å². The van der Waals surface area contributed by atoms with Gasteiger partial charge in [-0.15, -0.1) is 0 Å². The van der Waals surface area contributed by atoms with Crippen molar-refractivity contribution in [1.82, 2.24) is 4.57 Å². The van der Waals surface area contributed by atoms with Crippen molar-refractivity contribution in [1.29, 1.82) is 0 Å². The van der Waals surface area contributed by atoms with Gasteiger partial charge in [0.2, 0.25) is 0 Å². The lowest BCUT2D eigenvalue weighted by Crippen LogP contribution is -2.37. The van der Waals surface area contributed by atoms with Gasteiger partial charge in [0.1, 0.15) is 11.3 Å². The zero-order valence-electron chi connectivity index (χ0n) is 26.8. The summed E-state index contributed by atoms with van der Waals surface area (Å²) in [5, 5.41) is 10.0. The van der Waals surface area contributed by atoms with E-state index in [1.54, 1.807) is 0 Å². The Labute approximate surface area is 279 Å². The molecule has 0 spiro atoms. The summed E-state index contributed by atoms with van der Waals surface area (Å²) >= 11 is 0. The van der Waals surface area contributed by atoms with E-state index in [1.165, 1.54) is 71.4 Å². The average molecular weight is 615 g/mol. The van der Waals surface area contributed by atoms with Crippen molar-refractivity contribution in [3.05, 3.63) is 151 Å². The normalized spacial score (nSPS) is 12.1. The Morgan fingerprint density at radius 2 is 1.42 bits per heavy atom. The fourth-order valence-electron chi connectivity index (χ4n) is 7.92. The molecule has 1 aliphatic heterocycles. The minimum Gasteiger partial charge on any atom is -0.456 e. The summed E-state index contributed by atoms with van der Waals surface area (Å²) in [5.41, 5.74) is 15.6. The van der Waals surface area contributed by atoms with Crippen LogP contribution in [0, 0.1) is 13.8 Å². The van der Waals surface area contributed by atoms with E-state index in [-0.39, 0.29) is 0 Å². The number of hydrogen-bond acceptors (Lipinski definition) is 2. The first-order chi connectivity index (χ1) is 23.6. The molecule has 0 atom stereocenters. The Bertz CT molecular complexity index is 2740. The fraction of sp³-hybridized carbons (Fsp3) is 0.0455. The van der Waals surface area contributed by atoms with Crippen molar-refractivity contribution in [2.75, 3.05) is 5.32 Å². The molecule has 2 aromatic heterocycles. The number of nitrogens with zero attached hydrogens (tertiary/aromatic N) is 1. The second kappa shape index (κ2) is 10.3. The molecule has 48 heavy (non-hydrogen) atoms. The molecular formula is C44H31BN2O. The largest absolute Gasteiger partial charge is 0.456 e. The molecule has 0 aliphatic carbocycles. The minimum absolute atomic E-state index is 0.811. The predicted octanol–water partition coefficient (Wildman–Crippen LogP) is 10.1. The number of aryl methyl sites for hydroxylation is 2. The molecular weight excluding hydrogens is 583 g/mol.